The van der Waals surface area contributed by atoms with Crippen LogP contribution in [0.1, 0.15) is 46.0 Å². The fourth-order valence-electron chi connectivity index (χ4n) is 2.55. The molecule has 0 rings (SSSR count). The molecule has 0 aliphatic carbocycles. The Kier molecular flexibility index (Phi) is 11.5. The number of hydrogen-bond acceptors (Lipinski definition) is 4. The Morgan fingerprint density at radius 1 is 0.885 bits per heavy atom. The van der Waals surface area contributed by atoms with Gasteiger partial charge in [0.05, 0.1) is 0 Å². The zero-order valence-corrected chi connectivity index (χ0v) is 15.8. The van der Waals surface area contributed by atoms with Crippen LogP contribution >= 0.6 is 0 Å². The van der Waals surface area contributed by atoms with Gasteiger partial charge in [-0.25, -0.2) is 0 Å². The fraction of sp³-hybridized carbons (Fsp3) is 0.750. The van der Waals surface area contributed by atoms with E-state index in [2.05, 4.69) is 15.3 Å². The van der Waals surface area contributed by atoms with Gasteiger partial charge in [-0.15, -0.1) is 0 Å². The van der Waals surface area contributed by atoms with Crippen LogP contribution in [-0.4, -0.2) is 42.9 Å². The molecule has 0 aromatic carbocycles. The first-order valence-electron chi connectivity index (χ1n) is 8.84. The van der Waals surface area contributed by atoms with Gasteiger partial charge in [-0.2, -0.15) is 0 Å². The van der Waals surface area contributed by atoms with Gasteiger partial charge in [-0.3, -0.25) is 19.6 Å². The fourth-order valence-corrected chi connectivity index (χ4v) is 2.55. The van der Waals surface area contributed by atoms with E-state index in [9.17, 15) is 9.59 Å². The molecule has 0 fully saturated rings. The molecule has 2 amide bonds. The molecular weight excluding hydrogens is 336 g/mol. The highest BCUT2D eigenvalue weighted by molar-refractivity contribution is 5.87. The lowest BCUT2D eigenvalue weighted by atomic mass is 9.91. The predicted molar refractivity (Wildman–Crippen MR) is 104 cm³/mol. The van der Waals surface area contributed by atoms with Crippen LogP contribution < -0.4 is 34.0 Å². The van der Waals surface area contributed by atoms with Crippen LogP contribution in [0, 0.1) is 11.8 Å². The van der Waals surface area contributed by atoms with Crippen molar-refractivity contribution in [2.24, 2.45) is 50.5 Å². The summed E-state index contributed by atoms with van der Waals surface area (Å²) in [6.45, 7) is 4.91. The third kappa shape index (κ3) is 11.9. The monoisotopic (exact) mass is 370 g/mol. The van der Waals surface area contributed by atoms with Crippen molar-refractivity contribution in [3.63, 3.8) is 0 Å². The molecule has 0 unspecified atom stereocenters. The summed E-state index contributed by atoms with van der Waals surface area (Å²) in [5, 5.41) is 2.75. The van der Waals surface area contributed by atoms with Gasteiger partial charge in [0.15, 0.2) is 11.9 Å². The molecule has 0 heterocycles. The van der Waals surface area contributed by atoms with Crippen LogP contribution in [0.3, 0.4) is 0 Å². The summed E-state index contributed by atoms with van der Waals surface area (Å²) in [5.74, 6) is -0.640. The van der Waals surface area contributed by atoms with Crippen LogP contribution in [0.25, 0.3) is 0 Å². The second-order valence-corrected chi connectivity index (χ2v) is 6.69. The molecule has 150 valence electrons. The van der Waals surface area contributed by atoms with Crippen molar-refractivity contribution < 1.29 is 9.59 Å². The summed E-state index contributed by atoms with van der Waals surface area (Å²) >= 11 is 0. The van der Waals surface area contributed by atoms with Crippen LogP contribution in [0.2, 0.25) is 0 Å². The maximum absolute atomic E-state index is 12.6. The van der Waals surface area contributed by atoms with Crippen LogP contribution in [0.4, 0.5) is 0 Å². The summed E-state index contributed by atoms with van der Waals surface area (Å²) in [4.78, 5) is 32.0. The van der Waals surface area contributed by atoms with Gasteiger partial charge in [-0.1, -0.05) is 13.8 Å². The maximum atomic E-state index is 12.6. The Balaban J connectivity index is 4.69. The number of hydrogen-bond donors (Lipinski definition) is 6. The second kappa shape index (κ2) is 12.8. The van der Waals surface area contributed by atoms with E-state index < -0.39 is 11.9 Å². The van der Waals surface area contributed by atoms with Gasteiger partial charge < -0.3 is 34.0 Å². The topological polar surface area (TPSA) is 201 Å². The molecule has 2 atom stereocenters. The van der Waals surface area contributed by atoms with Crippen molar-refractivity contribution >= 4 is 23.7 Å². The van der Waals surface area contributed by atoms with Gasteiger partial charge in [0.25, 0.3) is 0 Å². The van der Waals surface area contributed by atoms with Crippen LogP contribution in [0.15, 0.2) is 9.98 Å². The van der Waals surface area contributed by atoms with Crippen molar-refractivity contribution in [3.05, 3.63) is 0 Å². The molecule has 0 saturated heterocycles. The molecule has 0 aromatic heterocycles. The van der Waals surface area contributed by atoms with E-state index in [1.54, 1.807) is 0 Å². The SMILES string of the molecule is CC(C)C[C@@H](CCCN=C(N)N)C(=O)N[C@@H](CCCN=C(N)N)C(N)=O. The highest BCUT2D eigenvalue weighted by atomic mass is 16.2. The molecule has 0 spiro atoms. The molecule has 0 aliphatic rings. The van der Waals surface area contributed by atoms with E-state index in [4.69, 9.17) is 28.7 Å². The Morgan fingerprint density at radius 2 is 1.38 bits per heavy atom. The number of primary amides is 1. The lowest BCUT2D eigenvalue weighted by molar-refractivity contribution is -0.130. The third-order valence-corrected chi connectivity index (χ3v) is 3.74. The number of carbonyl (C=O) groups excluding carboxylic acids is 2. The summed E-state index contributed by atoms with van der Waals surface area (Å²) in [6, 6.07) is -0.746. The van der Waals surface area contributed by atoms with Crippen molar-refractivity contribution in [1.82, 2.24) is 5.32 Å². The lowest BCUT2D eigenvalue weighted by Crippen LogP contribution is -2.47. The number of nitrogens with zero attached hydrogens (tertiary/aromatic N) is 2. The van der Waals surface area contributed by atoms with Crippen LogP contribution in [-0.2, 0) is 9.59 Å². The molecule has 0 saturated carbocycles. The van der Waals surface area contributed by atoms with Gasteiger partial charge >= 0.3 is 0 Å². The number of carbonyl (C=O) groups is 2. The van der Waals surface area contributed by atoms with Gasteiger partial charge in [0.2, 0.25) is 11.8 Å². The van der Waals surface area contributed by atoms with Gasteiger partial charge in [-0.05, 0) is 38.0 Å². The minimum atomic E-state index is -0.746. The summed E-state index contributed by atoms with van der Waals surface area (Å²) in [5.41, 5.74) is 26.5. The first-order valence-corrected chi connectivity index (χ1v) is 8.84. The summed E-state index contributed by atoms with van der Waals surface area (Å²) in [7, 11) is 0. The smallest absolute Gasteiger partial charge is 0.240 e. The molecule has 26 heavy (non-hydrogen) atoms. The van der Waals surface area contributed by atoms with Crippen molar-refractivity contribution in [1.29, 1.82) is 0 Å². The average Bonchev–Trinajstić information content (AvgIpc) is 2.51. The van der Waals surface area contributed by atoms with E-state index in [0.717, 1.165) is 0 Å². The lowest BCUT2D eigenvalue weighted by Gasteiger charge is -2.22. The molecule has 0 aliphatic heterocycles. The minimum Gasteiger partial charge on any atom is -0.370 e. The first-order chi connectivity index (χ1) is 12.1. The van der Waals surface area contributed by atoms with Crippen LogP contribution in [0.5, 0.6) is 0 Å². The van der Waals surface area contributed by atoms with E-state index in [1.807, 2.05) is 13.8 Å². The quantitative estimate of drug-likeness (QED) is 0.132. The number of nitrogens with two attached hydrogens (primary N) is 5. The summed E-state index contributed by atoms with van der Waals surface area (Å²) in [6.07, 6.45) is 2.91. The highest BCUT2D eigenvalue weighted by Gasteiger charge is 2.24. The van der Waals surface area contributed by atoms with Crippen molar-refractivity contribution in [2.75, 3.05) is 13.1 Å². The van der Waals surface area contributed by atoms with E-state index in [0.29, 0.717) is 51.1 Å². The molecule has 10 heteroatoms. The number of rotatable bonds is 13. The third-order valence-electron chi connectivity index (χ3n) is 3.74. The molecule has 0 aromatic rings. The van der Waals surface area contributed by atoms with Crippen molar-refractivity contribution in [3.8, 4) is 0 Å². The van der Waals surface area contributed by atoms with E-state index in [-0.39, 0.29) is 23.7 Å². The van der Waals surface area contributed by atoms with Crippen molar-refractivity contribution in [2.45, 2.75) is 52.0 Å². The standard InChI is InChI=1S/C16H34N8O2/c1-10(2)9-11(5-3-7-22-15(18)19)14(26)24-12(13(17)25)6-4-8-23-16(20)21/h10-12H,3-9H2,1-2H3,(H2,17,25)(H,24,26)(H4,18,19,22)(H4,20,21,23)/t11-,12+/m1/s1. The molecular formula is C16H34N8O2. The Hall–Kier alpha value is -2.52. The number of nitrogens with one attached hydrogen (secondary N) is 1. The Bertz CT molecular complexity index is 496. The van der Waals surface area contributed by atoms with Gasteiger partial charge in [0, 0.05) is 19.0 Å². The molecule has 0 bridgehead atoms. The average molecular weight is 371 g/mol. The van der Waals surface area contributed by atoms with E-state index >= 15 is 0 Å². The predicted octanol–water partition coefficient (Wildman–Crippen LogP) is -1.27. The highest BCUT2D eigenvalue weighted by Crippen LogP contribution is 2.18. The number of amides is 2. The molecule has 0 radical (unpaired) electrons. The van der Waals surface area contributed by atoms with Gasteiger partial charge in [0.1, 0.15) is 6.04 Å². The van der Waals surface area contributed by atoms with E-state index in [1.165, 1.54) is 0 Å². The largest absolute Gasteiger partial charge is 0.370 e. The summed E-state index contributed by atoms with van der Waals surface area (Å²) < 4.78 is 0. The first kappa shape index (κ1) is 23.5. The Labute approximate surface area is 155 Å². The number of aliphatic imine (C=N–C) groups is 2. The normalized spacial score (nSPS) is 12.9. The second-order valence-electron chi connectivity index (χ2n) is 6.69. The zero-order valence-electron chi connectivity index (χ0n) is 15.8. The zero-order chi connectivity index (χ0) is 20.1. The maximum Gasteiger partial charge on any atom is 0.240 e. The number of guanidine groups is 2. The molecule has 11 N–H and O–H groups in total. The molecule has 10 nitrogen and oxygen atoms in total. The Morgan fingerprint density at radius 3 is 1.81 bits per heavy atom. The minimum absolute atomic E-state index is 0.0116.